The Balaban J connectivity index is 1.59. The minimum absolute atomic E-state index is 0.0604. The maximum Gasteiger partial charge on any atom is 0.223 e. The highest BCUT2D eigenvalue weighted by Gasteiger charge is 2.20. The van der Waals surface area contributed by atoms with Crippen LogP contribution >= 0.6 is 11.8 Å². The first-order chi connectivity index (χ1) is 12.0. The predicted octanol–water partition coefficient (Wildman–Crippen LogP) is 2.55. The minimum atomic E-state index is -0.590. The van der Waals surface area contributed by atoms with Gasteiger partial charge in [-0.1, -0.05) is 11.6 Å². The van der Waals surface area contributed by atoms with Crippen molar-refractivity contribution >= 4 is 28.6 Å². The minimum Gasteiger partial charge on any atom is -0.389 e. The molecule has 1 aromatic carbocycles. The topological polar surface area (TPSA) is 62.7 Å². The Morgan fingerprint density at radius 3 is 3.08 bits per heavy atom. The first-order valence-corrected chi connectivity index (χ1v) is 9.56. The Labute approximate surface area is 152 Å². The van der Waals surface area contributed by atoms with Crippen LogP contribution in [0, 0.1) is 13.8 Å². The number of aliphatic hydroxyl groups excluding tert-OH is 1. The van der Waals surface area contributed by atoms with E-state index in [9.17, 15) is 9.90 Å². The maximum absolute atomic E-state index is 12.3. The van der Waals surface area contributed by atoms with Crippen molar-refractivity contribution in [2.75, 3.05) is 32.1 Å². The molecule has 0 radical (unpaired) electrons. The molecule has 1 fully saturated rings. The molecule has 25 heavy (non-hydrogen) atoms. The summed E-state index contributed by atoms with van der Waals surface area (Å²) < 4.78 is 5.26. The molecule has 1 unspecified atom stereocenters. The van der Waals surface area contributed by atoms with Gasteiger partial charge < -0.3 is 14.7 Å². The first kappa shape index (κ1) is 18.2. The number of benzene rings is 1. The Morgan fingerprint density at radius 2 is 2.24 bits per heavy atom. The molecule has 2 heterocycles. The number of fused-ring (bicyclic) bond motifs is 1. The molecule has 134 valence electrons. The van der Waals surface area contributed by atoms with E-state index in [1.807, 2.05) is 6.07 Å². The second-order valence-corrected chi connectivity index (χ2v) is 7.58. The lowest BCUT2D eigenvalue weighted by Gasteiger charge is -2.21. The quantitative estimate of drug-likeness (QED) is 0.849. The van der Waals surface area contributed by atoms with Crippen molar-refractivity contribution in [3.63, 3.8) is 0 Å². The average molecular weight is 360 g/mol. The SMILES string of the molecule is Cc1ccc2nc(SCCC(=O)N3CCOCC(O)C3)cc(C)c2c1. The number of rotatable bonds is 4. The van der Waals surface area contributed by atoms with Gasteiger partial charge in [0.1, 0.15) is 0 Å². The zero-order valence-electron chi connectivity index (χ0n) is 14.7. The lowest BCUT2D eigenvalue weighted by molar-refractivity contribution is -0.131. The van der Waals surface area contributed by atoms with Crippen molar-refractivity contribution in [3.05, 3.63) is 35.4 Å². The molecule has 1 aromatic heterocycles. The molecule has 1 saturated heterocycles. The number of hydrogen-bond acceptors (Lipinski definition) is 5. The van der Waals surface area contributed by atoms with Crippen LogP contribution < -0.4 is 0 Å². The predicted molar refractivity (Wildman–Crippen MR) is 100.0 cm³/mol. The van der Waals surface area contributed by atoms with Gasteiger partial charge in [-0.15, -0.1) is 11.8 Å². The van der Waals surface area contributed by atoms with E-state index in [1.165, 1.54) is 16.5 Å². The first-order valence-electron chi connectivity index (χ1n) is 8.57. The average Bonchev–Trinajstić information content (AvgIpc) is 2.80. The number of pyridine rings is 1. The van der Waals surface area contributed by atoms with E-state index < -0.39 is 6.10 Å². The third-order valence-electron chi connectivity index (χ3n) is 4.31. The fourth-order valence-electron chi connectivity index (χ4n) is 2.97. The van der Waals surface area contributed by atoms with E-state index >= 15 is 0 Å². The highest BCUT2D eigenvalue weighted by Crippen LogP contribution is 2.25. The third kappa shape index (κ3) is 4.71. The summed E-state index contributed by atoms with van der Waals surface area (Å²) in [7, 11) is 0. The van der Waals surface area contributed by atoms with Crippen LogP contribution in [0.1, 0.15) is 17.5 Å². The lowest BCUT2D eigenvalue weighted by atomic mass is 10.1. The van der Waals surface area contributed by atoms with Crippen molar-refractivity contribution in [2.45, 2.75) is 31.4 Å². The molecule has 2 aromatic rings. The number of carbonyl (C=O) groups is 1. The van der Waals surface area contributed by atoms with Gasteiger partial charge in [-0.05, 0) is 37.6 Å². The molecule has 6 heteroatoms. The van der Waals surface area contributed by atoms with Crippen LogP contribution in [0.3, 0.4) is 0 Å². The number of thioether (sulfide) groups is 1. The van der Waals surface area contributed by atoms with E-state index in [0.29, 0.717) is 38.5 Å². The summed E-state index contributed by atoms with van der Waals surface area (Å²) in [6, 6.07) is 8.35. The smallest absolute Gasteiger partial charge is 0.223 e. The summed E-state index contributed by atoms with van der Waals surface area (Å²) in [5.74, 6) is 0.737. The van der Waals surface area contributed by atoms with Gasteiger partial charge in [0.2, 0.25) is 5.91 Å². The summed E-state index contributed by atoms with van der Waals surface area (Å²) in [5.41, 5.74) is 3.43. The van der Waals surface area contributed by atoms with Crippen molar-refractivity contribution in [3.8, 4) is 0 Å². The van der Waals surface area contributed by atoms with Gasteiger partial charge in [0.25, 0.3) is 0 Å². The number of amides is 1. The van der Waals surface area contributed by atoms with Gasteiger partial charge >= 0.3 is 0 Å². The van der Waals surface area contributed by atoms with Crippen LogP contribution in [0.15, 0.2) is 29.3 Å². The molecule has 5 nitrogen and oxygen atoms in total. The van der Waals surface area contributed by atoms with Crippen molar-refractivity contribution in [1.29, 1.82) is 0 Å². The zero-order chi connectivity index (χ0) is 17.8. The van der Waals surface area contributed by atoms with Crippen molar-refractivity contribution in [2.24, 2.45) is 0 Å². The molecule has 3 rings (SSSR count). The number of ether oxygens (including phenoxy) is 1. The number of hydrogen-bond donors (Lipinski definition) is 1. The second kappa shape index (κ2) is 8.17. The molecule has 0 aliphatic carbocycles. The van der Waals surface area contributed by atoms with Crippen LogP contribution in [0.25, 0.3) is 10.9 Å². The Kier molecular flexibility index (Phi) is 5.93. The summed E-state index contributed by atoms with van der Waals surface area (Å²) >= 11 is 1.60. The highest BCUT2D eigenvalue weighted by molar-refractivity contribution is 7.99. The highest BCUT2D eigenvalue weighted by atomic mass is 32.2. The lowest BCUT2D eigenvalue weighted by Crippen LogP contribution is -2.37. The summed E-state index contributed by atoms with van der Waals surface area (Å²) in [4.78, 5) is 18.7. The van der Waals surface area contributed by atoms with Crippen LogP contribution in [-0.4, -0.2) is 59.1 Å². The van der Waals surface area contributed by atoms with Crippen LogP contribution in [0.2, 0.25) is 0 Å². The second-order valence-electron chi connectivity index (χ2n) is 6.46. The summed E-state index contributed by atoms with van der Waals surface area (Å²) in [6.45, 7) is 5.87. The van der Waals surface area contributed by atoms with Crippen LogP contribution in [0.5, 0.6) is 0 Å². The molecular formula is C19H24N2O3S. The number of carbonyl (C=O) groups excluding carboxylic acids is 1. The normalized spacial score (nSPS) is 18.4. The largest absolute Gasteiger partial charge is 0.389 e. The van der Waals surface area contributed by atoms with Crippen LogP contribution in [0.4, 0.5) is 0 Å². The molecule has 1 atom stereocenters. The van der Waals surface area contributed by atoms with E-state index in [2.05, 4.69) is 32.0 Å². The van der Waals surface area contributed by atoms with Gasteiger partial charge in [0.05, 0.1) is 29.9 Å². The summed E-state index contributed by atoms with van der Waals surface area (Å²) in [6.07, 6.45) is -0.156. The molecule has 1 N–H and O–H groups in total. The van der Waals surface area contributed by atoms with E-state index in [0.717, 1.165) is 10.5 Å². The van der Waals surface area contributed by atoms with Gasteiger partial charge in [0, 0.05) is 30.6 Å². The molecular weight excluding hydrogens is 336 g/mol. The van der Waals surface area contributed by atoms with Crippen LogP contribution in [-0.2, 0) is 9.53 Å². The fourth-order valence-corrected chi connectivity index (χ4v) is 3.88. The molecule has 0 saturated carbocycles. The molecule has 1 amide bonds. The summed E-state index contributed by atoms with van der Waals surface area (Å²) in [5, 5.41) is 11.9. The molecule has 0 spiro atoms. The Bertz CT molecular complexity index is 766. The van der Waals surface area contributed by atoms with Crippen molar-refractivity contribution in [1.82, 2.24) is 9.88 Å². The van der Waals surface area contributed by atoms with E-state index in [1.54, 1.807) is 16.7 Å². The monoisotopic (exact) mass is 360 g/mol. The Hall–Kier alpha value is -1.63. The standard InChI is InChI=1S/C19H24N2O3S/c1-13-3-4-17-16(9-13)14(2)10-18(20-17)25-8-5-19(23)21-6-7-24-12-15(22)11-21/h3-4,9-10,15,22H,5-8,11-12H2,1-2H3. The van der Waals surface area contributed by atoms with Gasteiger partial charge in [-0.25, -0.2) is 4.98 Å². The number of aryl methyl sites for hydroxylation is 2. The van der Waals surface area contributed by atoms with Crippen molar-refractivity contribution < 1.29 is 14.6 Å². The molecule has 1 aliphatic heterocycles. The third-order valence-corrected chi connectivity index (χ3v) is 5.23. The fraction of sp³-hybridized carbons (Fsp3) is 0.474. The van der Waals surface area contributed by atoms with Gasteiger partial charge in [0.15, 0.2) is 0 Å². The zero-order valence-corrected chi connectivity index (χ0v) is 15.5. The van der Waals surface area contributed by atoms with E-state index in [4.69, 9.17) is 9.72 Å². The number of β-amino-alcohol motifs (C(OH)–C–C–N with tert-alkyl or cyclic N) is 1. The maximum atomic E-state index is 12.3. The van der Waals surface area contributed by atoms with Gasteiger partial charge in [-0.3, -0.25) is 4.79 Å². The number of nitrogens with zero attached hydrogens (tertiary/aromatic N) is 2. The molecule has 1 aliphatic rings. The van der Waals surface area contributed by atoms with E-state index in [-0.39, 0.29) is 5.91 Å². The number of aliphatic hydroxyl groups is 1. The van der Waals surface area contributed by atoms with Gasteiger partial charge in [-0.2, -0.15) is 0 Å². The molecule has 0 bridgehead atoms. The number of aromatic nitrogens is 1. The Morgan fingerprint density at radius 1 is 1.40 bits per heavy atom.